The second-order valence-corrected chi connectivity index (χ2v) is 9.84. The van der Waals surface area contributed by atoms with Crippen LogP contribution in [-0.4, -0.2) is 63.6 Å². The van der Waals surface area contributed by atoms with Gasteiger partial charge in [0.1, 0.15) is 18.4 Å². The molecule has 2 aromatic heterocycles. The Hall–Kier alpha value is -5.77. The molecule has 0 saturated carbocycles. The van der Waals surface area contributed by atoms with Crippen LogP contribution in [0.1, 0.15) is 11.3 Å². The number of pyridine rings is 2. The summed E-state index contributed by atoms with van der Waals surface area (Å²) in [5, 5.41) is 32.6. The topological polar surface area (TPSA) is 178 Å². The number of carboxylic acids is 2. The number of rotatable bonds is 11. The largest absolute Gasteiger partial charge is 0.486 e. The molecule has 0 aliphatic heterocycles. The summed E-state index contributed by atoms with van der Waals surface area (Å²) in [5.74, 6) is -2.24. The minimum atomic E-state index is -1.26. The molecule has 2 aromatic carbocycles. The number of carbonyl (C=O) groups excluding carboxylic acids is 1. The molecule has 0 bridgehead atoms. The molecule has 13 heteroatoms. The van der Waals surface area contributed by atoms with Crippen molar-refractivity contribution in [2.24, 2.45) is 0 Å². The highest BCUT2D eigenvalue weighted by Crippen LogP contribution is 2.34. The van der Waals surface area contributed by atoms with Gasteiger partial charge in [-0.3, -0.25) is 14.8 Å². The zero-order valence-electron chi connectivity index (χ0n) is 24.3. The first-order chi connectivity index (χ1) is 21.5. The highest BCUT2D eigenvalue weighted by molar-refractivity contribution is 6.32. The molecule has 12 nitrogen and oxygen atoms in total. The molecule has 0 radical (unpaired) electrons. The number of amides is 1. The Morgan fingerprint density at radius 3 is 2.36 bits per heavy atom. The van der Waals surface area contributed by atoms with E-state index in [1.165, 1.54) is 12.3 Å². The van der Waals surface area contributed by atoms with E-state index in [9.17, 15) is 19.6 Å². The fourth-order valence-electron chi connectivity index (χ4n) is 3.66. The molecule has 4 aromatic rings. The summed E-state index contributed by atoms with van der Waals surface area (Å²) in [4.78, 5) is 42.0. The first-order valence-corrected chi connectivity index (χ1v) is 13.6. The lowest BCUT2D eigenvalue weighted by atomic mass is 10.1. The van der Waals surface area contributed by atoms with Gasteiger partial charge < -0.3 is 30.5 Å². The zero-order chi connectivity index (χ0) is 32.8. The van der Waals surface area contributed by atoms with Crippen LogP contribution >= 0.6 is 11.6 Å². The van der Waals surface area contributed by atoms with Gasteiger partial charge in [0.25, 0.3) is 0 Å². The molecule has 0 spiro atoms. The number of benzene rings is 2. The number of hydrogen-bond acceptors (Lipinski definition) is 9. The number of halogens is 1. The number of carboxylic acid groups (broad SMARTS) is 2. The monoisotopic (exact) mass is 628 g/mol. The summed E-state index contributed by atoms with van der Waals surface area (Å²) in [6.45, 7) is 0.948. The number of ether oxygens (including phenoxy) is 1. The van der Waals surface area contributed by atoms with Crippen LogP contribution in [0.4, 0.5) is 17.1 Å². The molecule has 0 aliphatic rings. The molecule has 0 saturated heterocycles. The maximum atomic E-state index is 12.3. The number of anilines is 3. The molecule has 4 N–H and O–H groups in total. The average Bonchev–Trinajstić information content (AvgIpc) is 3.00. The highest BCUT2D eigenvalue weighted by atomic mass is 35.5. The summed E-state index contributed by atoms with van der Waals surface area (Å²) in [5.41, 5.74) is 3.63. The maximum Gasteiger partial charge on any atom is 0.328 e. The Bertz CT molecular complexity index is 1750. The van der Waals surface area contributed by atoms with E-state index in [1.807, 2.05) is 43.3 Å². The lowest BCUT2D eigenvalue weighted by Gasteiger charge is -2.14. The number of likely N-dealkylation sites (N-methyl/N-ethyl adjacent to an activating group) is 1. The standard InChI is InChI=1S/C28H25ClN6O2.C4H4O4/c1-35(2)13-5-7-27(36)33-20-8-10-25-23(14-20)28(19(16-30)17-32-25)34-21-9-11-26(24(29)15-21)37-18-22-6-3-4-12-31-22;5-3(6)1-2-4(7)8/h3-12,14-15,17H,13,18H2,1-2H3,(H,32,34)(H,33,36);1-2H,(H,5,6)(H,7,8)/b7-5+;2-1-. The molecule has 0 aliphatic carbocycles. The minimum Gasteiger partial charge on any atom is -0.486 e. The van der Waals surface area contributed by atoms with Gasteiger partial charge in [-0.05, 0) is 62.6 Å². The predicted octanol–water partition coefficient (Wildman–Crippen LogP) is 5.25. The van der Waals surface area contributed by atoms with Gasteiger partial charge in [0.15, 0.2) is 0 Å². The second-order valence-electron chi connectivity index (χ2n) is 9.43. The number of aliphatic carboxylic acids is 2. The van der Waals surface area contributed by atoms with E-state index in [-0.39, 0.29) is 5.91 Å². The van der Waals surface area contributed by atoms with Crippen LogP contribution in [0.2, 0.25) is 5.02 Å². The Kier molecular flexibility index (Phi) is 12.6. The number of nitriles is 1. The van der Waals surface area contributed by atoms with E-state index in [0.29, 0.717) is 69.6 Å². The Balaban J connectivity index is 0.000000610. The first-order valence-electron chi connectivity index (χ1n) is 13.2. The molecule has 0 fully saturated rings. The minimum absolute atomic E-state index is 0.242. The van der Waals surface area contributed by atoms with Crippen molar-refractivity contribution in [1.82, 2.24) is 14.9 Å². The molecule has 45 heavy (non-hydrogen) atoms. The third-order valence-corrected chi connectivity index (χ3v) is 5.96. The maximum absolute atomic E-state index is 12.3. The van der Waals surface area contributed by atoms with Crippen LogP contribution in [0.15, 0.2) is 91.3 Å². The fraction of sp³-hybridized carbons (Fsp3) is 0.125. The molecule has 0 unspecified atom stereocenters. The van der Waals surface area contributed by atoms with Gasteiger partial charge >= 0.3 is 11.9 Å². The average molecular weight is 629 g/mol. The van der Waals surface area contributed by atoms with Crippen LogP contribution in [0.5, 0.6) is 5.75 Å². The third-order valence-electron chi connectivity index (χ3n) is 5.67. The number of nitrogens with zero attached hydrogens (tertiary/aromatic N) is 4. The highest BCUT2D eigenvalue weighted by Gasteiger charge is 2.12. The SMILES string of the molecule is CN(C)C/C=C/C(=O)Nc1ccc2ncc(C#N)c(Nc3ccc(OCc4ccccn4)c(Cl)c3)c2c1.O=C(O)/C=C\C(=O)O. The zero-order valence-corrected chi connectivity index (χ0v) is 25.0. The van der Waals surface area contributed by atoms with E-state index in [2.05, 4.69) is 26.7 Å². The molecular formula is C32H29ClN6O6. The number of carbonyl (C=O) groups is 3. The Morgan fingerprint density at radius 1 is 1.00 bits per heavy atom. The molecular weight excluding hydrogens is 600 g/mol. The van der Waals surface area contributed by atoms with Gasteiger partial charge in [0.2, 0.25) is 5.91 Å². The van der Waals surface area contributed by atoms with Crippen molar-refractivity contribution < 1.29 is 29.3 Å². The number of hydrogen-bond donors (Lipinski definition) is 4. The fourth-order valence-corrected chi connectivity index (χ4v) is 3.90. The lowest BCUT2D eigenvalue weighted by molar-refractivity contribution is -0.134. The van der Waals surface area contributed by atoms with Crippen LogP contribution in [0, 0.1) is 11.3 Å². The van der Waals surface area contributed by atoms with Crippen molar-refractivity contribution in [1.29, 1.82) is 5.26 Å². The van der Waals surface area contributed by atoms with Crippen molar-refractivity contribution in [3.8, 4) is 11.8 Å². The quantitative estimate of drug-likeness (QED) is 0.160. The smallest absolute Gasteiger partial charge is 0.328 e. The van der Waals surface area contributed by atoms with Crippen LogP contribution in [0.3, 0.4) is 0 Å². The van der Waals surface area contributed by atoms with E-state index < -0.39 is 11.9 Å². The summed E-state index contributed by atoms with van der Waals surface area (Å²) >= 11 is 6.48. The van der Waals surface area contributed by atoms with Gasteiger partial charge in [-0.15, -0.1) is 0 Å². The first kappa shape index (κ1) is 33.7. The van der Waals surface area contributed by atoms with E-state index in [1.54, 1.807) is 42.6 Å². The lowest BCUT2D eigenvalue weighted by Crippen LogP contribution is -2.12. The van der Waals surface area contributed by atoms with Crippen molar-refractivity contribution >= 4 is 57.4 Å². The van der Waals surface area contributed by atoms with Crippen molar-refractivity contribution in [2.45, 2.75) is 6.61 Å². The van der Waals surface area contributed by atoms with Crippen molar-refractivity contribution in [3.05, 3.63) is 108 Å². The third kappa shape index (κ3) is 11.1. The summed E-state index contributed by atoms with van der Waals surface area (Å²) in [6, 6.07) is 18.4. The summed E-state index contributed by atoms with van der Waals surface area (Å²) in [7, 11) is 3.85. The normalized spacial score (nSPS) is 10.7. The molecule has 2 heterocycles. The van der Waals surface area contributed by atoms with E-state index in [0.717, 1.165) is 5.69 Å². The summed E-state index contributed by atoms with van der Waals surface area (Å²) < 4.78 is 5.80. The molecule has 230 valence electrons. The van der Waals surface area contributed by atoms with Crippen LogP contribution in [0.25, 0.3) is 10.9 Å². The van der Waals surface area contributed by atoms with Gasteiger partial charge in [-0.1, -0.05) is 23.7 Å². The van der Waals surface area contributed by atoms with Crippen molar-refractivity contribution in [2.75, 3.05) is 31.3 Å². The summed E-state index contributed by atoms with van der Waals surface area (Å²) in [6.07, 6.45) is 7.61. The Morgan fingerprint density at radius 2 is 1.73 bits per heavy atom. The van der Waals surface area contributed by atoms with E-state index >= 15 is 0 Å². The van der Waals surface area contributed by atoms with Crippen LogP contribution in [-0.2, 0) is 21.0 Å². The van der Waals surface area contributed by atoms with Gasteiger partial charge in [-0.2, -0.15) is 5.26 Å². The van der Waals surface area contributed by atoms with Crippen LogP contribution < -0.4 is 15.4 Å². The van der Waals surface area contributed by atoms with E-state index in [4.69, 9.17) is 26.6 Å². The second kappa shape index (κ2) is 16.8. The Labute approximate surface area is 263 Å². The number of nitrogens with one attached hydrogen (secondary N) is 2. The van der Waals surface area contributed by atoms with Crippen molar-refractivity contribution in [3.63, 3.8) is 0 Å². The van der Waals surface area contributed by atoms with Gasteiger partial charge in [0.05, 0.1) is 27.5 Å². The molecule has 0 atom stereocenters. The number of fused-ring (bicyclic) bond motifs is 1. The predicted molar refractivity (Wildman–Crippen MR) is 170 cm³/mol. The van der Waals surface area contributed by atoms with Gasteiger partial charge in [-0.25, -0.2) is 9.59 Å². The molecule has 1 amide bonds. The van der Waals surface area contributed by atoms with Gasteiger partial charge in [0, 0.05) is 53.9 Å². The number of aromatic nitrogens is 2. The molecule has 4 rings (SSSR count).